The third-order valence-corrected chi connectivity index (χ3v) is 1.34. The number of hydrogen-bond acceptors (Lipinski definition) is 2. The molecule has 0 saturated carbocycles. The fourth-order valence-electron chi connectivity index (χ4n) is 0.673. The number of pyridine rings is 1. The minimum Gasteiger partial charge on any atom is -0.478 e. The molecule has 0 amide bonds. The first-order chi connectivity index (χ1) is 5.68. The Balaban J connectivity index is 2.83. The van der Waals surface area contributed by atoms with Gasteiger partial charge in [-0.3, -0.25) is 0 Å². The smallest absolute Gasteiger partial charge is 0.328 e. The van der Waals surface area contributed by atoms with Gasteiger partial charge in [0, 0.05) is 6.08 Å². The lowest BCUT2D eigenvalue weighted by molar-refractivity contribution is -0.131. The van der Waals surface area contributed by atoms with Gasteiger partial charge >= 0.3 is 5.97 Å². The topological polar surface area (TPSA) is 50.2 Å². The average Bonchev–Trinajstić information content (AvgIpc) is 2.01. The van der Waals surface area contributed by atoms with Crippen molar-refractivity contribution in [3.63, 3.8) is 0 Å². The molecule has 4 heteroatoms. The number of carboxylic acids is 1. The summed E-state index contributed by atoms with van der Waals surface area (Å²) in [6.07, 6.45) is 2.40. The van der Waals surface area contributed by atoms with Crippen molar-refractivity contribution in [2.75, 3.05) is 0 Å². The summed E-state index contributed by atoms with van der Waals surface area (Å²) in [5.74, 6) is -1.00. The zero-order valence-electron chi connectivity index (χ0n) is 6.07. The third kappa shape index (κ3) is 2.72. The van der Waals surface area contributed by atoms with E-state index in [0.29, 0.717) is 10.8 Å². The Morgan fingerprint density at radius 1 is 1.58 bits per heavy atom. The van der Waals surface area contributed by atoms with E-state index >= 15 is 0 Å². The van der Waals surface area contributed by atoms with Gasteiger partial charge in [0.1, 0.15) is 5.15 Å². The van der Waals surface area contributed by atoms with E-state index in [2.05, 4.69) is 4.98 Å². The van der Waals surface area contributed by atoms with Crippen molar-refractivity contribution in [1.29, 1.82) is 0 Å². The third-order valence-electron chi connectivity index (χ3n) is 1.13. The number of rotatable bonds is 2. The van der Waals surface area contributed by atoms with E-state index in [4.69, 9.17) is 16.7 Å². The van der Waals surface area contributed by atoms with Crippen molar-refractivity contribution >= 4 is 23.6 Å². The van der Waals surface area contributed by atoms with Crippen molar-refractivity contribution in [3.05, 3.63) is 35.1 Å². The number of nitrogens with zero attached hydrogens (tertiary/aromatic N) is 1. The molecule has 0 saturated heterocycles. The van der Waals surface area contributed by atoms with Crippen molar-refractivity contribution in [1.82, 2.24) is 4.98 Å². The first kappa shape index (κ1) is 8.74. The summed E-state index contributed by atoms with van der Waals surface area (Å²) in [5.41, 5.74) is 0.532. The molecule has 0 fully saturated rings. The molecule has 3 nitrogen and oxygen atoms in total. The highest BCUT2D eigenvalue weighted by Gasteiger charge is 1.91. The van der Waals surface area contributed by atoms with Crippen LogP contribution in [0.25, 0.3) is 6.08 Å². The van der Waals surface area contributed by atoms with Crippen molar-refractivity contribution in [2.45, 2.75) is 0 Å². The first-order valence-electron chi connectivity index (χ1n) is 3.22. The Bertz CT molecular complexity index is 323. The molecule has 1 aromatic rings. The van der Waals surface area contributed by atoms with Gasteiger partial charge < -0.3 is 5.11 Å². The lowest BCUT2D eigenvalue weighted by Crippen LogP contribution is -1.87. The maximum absolute atomic E-state index is 10.1. The van der Waals surface area contributed by atoms with Crippen LogP contribution in [-0.2, 0) is 4.79 Å². The molecule has 0 aromatic carbocycles. The predicted octanol–water partition coefficient (Wildman–Crippen LogP) is 1.83. The molecule has 0 spiro atoms. The quantitative estimate of drug-likeness (QED) is 0.562. The predicted molar refractivity (Wildman–Crippen MR) is 45.9 cm³/mol. The molecule has 0 bridgehead atoms. The highest BCUT2D eigenvalue weighted by atomic mass is 35.5. The van der Waals surface area contributed by atoms with E-state index in [1.165, 1.54) is 6.08 Å². The molecule has 1 aromatic heterocycles. The monoisotopic (exact) mass is 183 g/mol. The normalized spacial score (nSPS) is 10.4. The number of carbonyl (C=O) groups is 1. The van der Waals surface area contributed by atoms with E-state index in [0.717, 1.165) is 6.08 Å². The molecule has 1 rings (SSSR count). The minimum absolute atomic E-state index is 0.350. The molecule has 0 aliphatic carbocycles. The van der Waals surface area contributed by atoms with Gasteiger partial charge in [0.2, 0.25) is 0 Å². The molecule has 0 radical (unpaired) electrons. The molecule has 0 atom stereocenters. The fourth-order valence-corrected chi connectivity index (χ4v) is 0.844. The summed E-state index contributed by atoms with van der Waals surface area (Å²) in [4.78, 5) is 14.0. The van der Waals surface area contributed by atoms with Crippen molar-refractivity contribution < 1.29 is 9.90 Å². The van der Waals surface area contributed by atoms with Crippen LogP contribution in [0.2, 0.25) is 5.15 Å². The van der Waals surface area contributed by atoms with Crippen LogP contribution in [0.5, 0.6) is 0 Å². The fraction of sp³-hybridized carbons (Fsp3) is 0. The first-order valence-corrected chi connectivity index (χ1v) is 3.60. The zero-order chi connectivity index (χ0) is 8.97. The second-order valence-corrected chi connectivity index (χ2v) is 2.44. The van der Waals surface area contributed by atoms with E-state index in [-0.39, 0.29) is 0 Å². The SMILES string of the molecule is O=C(O)/C=C/c1cccc(Cl)n1. The van der Waals surface area contributed by atoms with Crippen LogP contribution in [0.1, 0.15) is 5.69 Å². The van der Waals surface area contributed by atoms with Gasteiger partial charge in [0.25, 0.3) is 0 Å². The summed E-state index contributed by atoms with van der Waals surface area (Å²) in [7, 11) is 0. The Morgan fingerprint density at radius 3 is 2.92 bits per heavy atom. The molecule has 12 heavy (non-hydrogen) atoms. The molecular weight excluding hydrogens is 178 g/mol. The van der Waals surface area contributed by atoms with Crippen LogP contribution in [-0.4, -0.2) is 16.1 Å². The Hall–Kier alpha value is -1.35. The maximum atomic E-state index is 10.1. The number of halogens is 1. The molecule has 0 unspecified atom stereocenters. The second kappa shape index (κ2) is 3.88. The summed E-state index contributed by atoms with van der Waals surface area (Å²) >= 11 is 5.57. The maximum Gasteiger partial charge on any atom is 0.328 e. The Labute approximate surface area is 74.3 Å². The molecular formula is C8H6ClNO2. The number of carboxylic acid groups (broad SMARTS) is 1. The molecule has 1 N–H and O–H groups in total. The van der Waals surface area contributed by atoms with E-state index in [1.807, 2.05) is 0 Å². The van der Waals surface area contributed by atoms with Gasteiger partial charge in [-0.15, -0.1) is 0 Å². The van der Waals surface area contributed by atoms with Gasteiger partial charge in [0.05, 0.1) is 5.69 Å². The van der Waals surface area contributed by atoms with Gasteiger partial charge in [-0.1, -0.05) is 17.7 Å². The van der Waals surface area contributed by atoms with Crippen LogP contribution >= 0.6 is 11.6 Å². The lowest BCUT2D eigenvalue weighted by atomic mass is 10.3. The minimum atomic E-state index is -1.00. The van der Waals surface area contributed by atoms with E-state index in [1.54, 1.807) is 18.2 Å². The molecule has 0 aliphatic rings. The van der Waals surface area contributed by atoms with Crippen molar-refractivity contribution in [2.24, 2.45) is 0 Å². The van der Waals surface area contributed by atoms with Crippen LogP contribution in [0.4, 0.5) is 0 Å². The standard InChI is InChI=1S/C8H6ClNO2/c9-7-3-1-2-6(10-7)4-5-8(11)12/h1-5H,(H,11,12)/b5-4+. The van der Waals surface area contributed by atoms with Gasteiger partial charge in [0.15, 0.2) is 0 Å². The molecule has 62 valence electrons. The Morgan fingerprint density at radius 2 is 2.33 bits per heavy atom. The molecule has 0 aliphatic heterocycles. The summed E-state index contributed by atoms with van der Waals surface area (Å²) in [5, 5.41) is 8.65. The van der Waals surface area contributed by atoms with Gasteiger partial charge in [-0.25, -0.2) is 9.78 Å². The van der Waals surface area contributed by atoms with Crippen LogP contribution in [0.15, 0.2) is 24.3 Å². The summed E-state index contributed by atoms with van der Waals surface area (Å²) in [6.45, 7) is 0. The molecule has 1 heterocycles. The highest BCUT2D eigenvalue weighted by Crippen LogP contribution is 2.05. The van der Waals surface area contributed by atoms with Crippen LogP contribution < -0.4 is 0 Å². The summed E-state index contributed by atoms with van der Waals surface area (Å²) in [6, 6.07) is 5.00. The lowest BCUT2D eigenvalue weighted by Gasteiger charge is -1.91. The van der Waals surface area contributed by atoms with Crippen LogP contribution in [0, 0.1) is 0 Å². The van der Waals surface area contributed by atoms with Crippen molar-refractivity contribution in [3.8, 4) is 0 Å². The largest absolute Gasteiger partial charge is 0.478 e. The second-order valence-electron chi connectivity index (χ2n) is 2.06. The number of aliphatic carboxylic acids is 1. The Kier molecular flexibility index (Phi) is 2.82. The zero-order valence-corrected chi connectivity index (χ0v) is 6.82. The van der Waals surface area contributed by atoms with Gasteiger partial charge in [-0.2, -0.15) is 0 Å². The average molecular weight is 184 g/mol. The van der Waals surface area contributed by atoms with E-state index < -0.39 is 5.97 Å². The highest BCUT2D eigenvalue weighted by molar-refractivity contribution is 6.29. The van der Waals surface area contributed by atoms with Gasteiger partial charge in [-0.05, 0) is 18.2 Å². The summed E-state index contributed by atoms with van der Waals surface area (Å²) < 4.78 is 0. The number of aromatic nitrogens is 1. The van der Waals surface area contributed by atoms with E-state index in [9.17, 15) is 4.79 Å². The number of hydrogen-bond donors (Lipinski definition) is 1. The van der Waals surface area contributed by atoms with Crippen LogP contribution in [0.3, 0.4) is 0 Å².